The SMILES string of the molecule is CC1(C)C(=O)OC(C)(C)C(C)(C)OC1=O. The molecular formula is C11H18O4. The van der Waals surface area contributed by atoms with Crippen LogP contribution >= 0.6 is 0 Å². The highest BCUT2D eigenvalue weighted by Gasteiger charge is 2.54. The lowest BCUT2D eigenvalue weighted by atomic mass is 9.89. The third-order valence-corrected chi connectivity index (χ3v) is 3.17. The van der Waals surface area contributed by atoms with Gasteiger partial charge in [0.25, 0.3) is 0 Å². The van der Waals surface area contributed by atoms with Crippen LogP contribution < -0.4 is 0 Å². The first-order valence-electron chi connectivity index (χ1n) is 4.97. The Hall–Kier alpha value is -1.06. The minimum Gasteiger partial charge on any atom is -0.455 e. The standard InChI is InChI=1S/C11H18O4/c1-9(2)7(12)14-10(3,4)11(5,6)15-8(9)13/h1-6H3. The quantitative estimate of drug-likeness (QED) is 0.454. The molecule has 1 aliphatic heterocycles. The van der Waals surface area contributed by atoms with E-state index < -0.39 is 28.6 Å². The summed E-state index contributed by atoms with van der Waals surface area (Å²) in [5.74, 6) is -1.08. The Morgan fingerprint density at radius 1 is 0.733 bits per heavy atom. The van der Waals surface area contributed by atoms with Crippen LogP contribution in [0.1, 0.15) is 41.5 Å². The van der Waals surface area contributed by atoms with Crippen molar-refractivity contribution in [3.05, 3.63) is 0 Å². The Kier molecular flexibility index (Phi) is 2.38. The summed E-state index contributed by atoms with van der Waals surface area (Å²) in [7, 11) is 0. The molecule has 0 atom stereocenters. The summed E-state index contributed by atoms with van der Waals surface area (Å²) < 4.78 is 10.6. The van der Waals surface area contributed by atoms with E-state index in [0.29, 0.717) is 0 Å². The molecule has 0 radical (unpaired) electrons. The third kappa shape index (κ3) is 1.73. The van der Waals surface area contributed by atoms with Crippen molar-refractivity contribution in [2.75, 3.05) is 0 Å². The lowest BCUT2D eigenvalue weighted by Crippen LogP contribution is -2.49. The topological polar surface area (TPSA) is 52.6 Å². The van der Waals surface area contributed by atoms with Crippen LogP contribution in [0.25, 0.3) is 0 Å². The molecule has 0 unspecified atom stereocenters. The predicted octanol–water partition coefficient (Wildman–Crippen LogP) is 1.67. The van der Waals surface area contributed by atoms with Gasteiger partial charge in [-0.1, -0.05) is 0 Å². The van der Waals surface area contributed by atoms with Crippen LogP contribution in [0.2, 0.25) is 0 Å². The Morgan fingerprint density at radius 2 is 1.00 bits per heavy atom. The van der Waals surface area contributed by atoms with Gasteiger partial charge in [-0.2, -0.15) is 0 Å². The average molecular weight is 214 g/mol. The van der Waals surface area contributed by atoms with Gasteiger partial charge in [0.1, 0.15) is 11.2 Å². The number of rotatable bonds is 0. The van der Waals surface area contributed by atoms with Gasteiger partial charge in [0.05, 0.1) is 0 Å². The number of ether oxygens (including phenoxy) is 2. The van der Waals surface area contributed by atoms with E-state index in [9.17, 15) is 9.59 Å². The maximum absolute atomic E-state index is 11.7. The van der Waals surface area contributed by atoms with Gasteiger partial charge in [0.2, 0.25) is 0 Å². The minimum absolute atomic E-state index is 0.539. The molecule has 0 amide bonds. The molecule has 86 valence electrons. The minimum atomic E-state index is -1.23. The highest BCUT2D eigenvalue weighted by Crippen LogP contribution is 2.37. The Labute approximate surface area is 89.9 Å². The number of esters is 2. The van der Waals surface area contributed by atoms with Crippen molar-refractivity contribution in [1.29, 1.82) is 0 Å². The van der Waals surface area contributed by atoms with Crippen LogP contribution in [0.4, 0.5) is 0 Å². The average Bonchev–Trinajstić information content (AvgIpc) is 2.03. The van der Waals surface area contributed by atoms with Crippen LogP contribution in [0.5, 0.6) is 0 Å². The first-order chi connectivity index (χ1) is 6.51. The summed E-state index contributed by atoms with van der Waals surface area (Å²) in [6, 6.07) is 0. The fourth-order valence-corrected chi connectivity index (χ4v) is 1.05. The van der Waals surface area contributed by atoms with Gasteiger partial charge in [-0.05, 0) is 41.5 Å². The van der Waals surface area contributed by atoms with E-state index in [2.05, 4.69) is 0 Å². The van der Waals surface area contributed by atoms with Crippen molar-refractivity contribution >= 4 is 11.9 Å². The first-order valence-corrected chi connectivity index (χ1v) is 4.97. The highest BCUT2D eigenvalue weighted by atomic mass is 16.6. The molecule has 0 aliphatic carbocycles. The van der Waals surface area contributed by atoms with Crippen LogP contribution in [0.3, 0.4) is 0 Å². The van der Waals surface area contributed by atoms with E-state index in [1.165, 1.54) is 13.8 Å². The van der Waals surface area contributed by atoms with Gasteiger partial charge in [0, 0.05) is 0 Å². The third-order valence-electron chi connectivity index (χ3n) is 3.17. The Morgan fingerprint density at radius 3 is 1.27 bits per heavy atom. The molecule has 0 aromatic heterocycles. The van der Waals surface area contributed by atoms with Gasteiger partial charge in [-0.25, -0.2) is 0 Å². The molecule has 1 fully saturated rings. The molecule has 0 saturated carbocycles. The summed E-state index contributed by atoms with van der Waals surface area (Å²) in [6.07, 6.45) is 0. The van der Waals surface area contributed by atoms with E-state index in [1.54, 1.807) is 27.7 Å². The maximum atomic E-state index is 11.7. The van der Waals surface area contributed by atoms with Crippen LogP contribution in [0.15, 0.2) is 0 Å². The molecule has 4 nitrogen and oxygen atoms in total. The number of cyclic esters (lactones) is 2. The van der Waals surface area contributed by atoms with Gasteiger partial charge >= 0.3 is 11.9 Å². The molecule has 1 heterocycles. The van der Waals surface area contributed by atoms with Crippen LogP contribution in [-0.2, 0) is 19.1 Å². The summed E-state index contributed by atoms with van der Waals surface area (Å²) in [5, 5.41) is 0. The number of carbonyl (C=O) groups is 2. The first kappa shape index (κ1) is 12.0. The summed E-state index contributed by atoms with van der Waals surface area (Å²) >= 11 is 0. The maximum Gasteiger partial charge on any atom is 0.323 e. The van der Waals surface area contributed by atoms with E-state index in [4.69, 9.17) is 9.47 Å². The van der Waals surface area contributed by atoms with Crippen molar-refractivity contribution in [2.45, 2.75) is 52.7 Å². The second-order valence-corrected chi connectivity index (χ2v) is 5.42. The van der Waals surface area contributed by atoms with Crippen molar-refractivity contribution in [1.82, 2.24) is 0 Å². The van der Waals surface area contributed by atoms with Crippen LogP contribution in [0, 0.1) is 5.41 Å². The number of carbonyl (C=O) groups excluding carboxylic acids is 2. The largest absolute Gasteiger partial charge is 0.455 e. The molecule has 0 spiro atoms. The summed E-state index contributed by atoms with van der Waals surface area (Å²) in [4.78, 5) is 23.5. The lowest BCUT2D eigenvalue weighted by molar-refractivity contribution is -0.181. The monoisotopic (exact) mass is 214 g/mol. The van der Waals surface area contributed by atoms with Crippen molar-refractivity contribution in [2.24, 2.45) is 5.41 Å². The molecular weight excluding hydrogens is 196 g/mol. The second-order valence-electron chi connectivity index (χ2n) is 5.42. The number of hydrogen-bond acceptors (Lipinski definition) is 4. The van der Waals surface area contributed by atoms with Gasteiger partial charge in [-0.15, -0.1) is 0 Å². The molecule has 0 N–H and O–H groups in total. The van der Waals surface area contributed by atoms with Gasteiger partial charge in [0.15, 0.2) is 5.41 Å². The van der Waals surface area contributed by atoms with Crippen LogP contribution in [-0.4, -0.2) is 23.1 Å². The lowest BCUT2D eigenvalue weighted by Gasteiger charge is -2.37. The molecule has 0 aromatic carbocycles. The fraction of sp³-hybridized carbons (Fsp3) is 0.818. The van der Waals surface area contributed by atoms with Crippen molar-refractivity contribution < 1.29 is 19.1 Å². The van der Waals surface area contributed by atoms with Crippen molar-refractivity contribution in [3.8, 4) is 0 Å². The summed E-state index contributed by atoms with van der Waals surface area (Å²) in [5.41, 5.74) is -2.88. The van der Waals surface area contributed by atoms with Crippen molar-refractivity contribution in [3.63, 3.8) is 0 Å². The predicted molar refractivity (Wildman–Crippen MR) is 54.1 cm³/mol. The normalized spacial score (nSPS) is 27.6. The second kappa shape index (κ2) is 2.97. The molecule has 1 saturated heterocycles. The van der Waals surface area contributed by atoms with E-state index in [-0.39, 0.29) is 0 Å². The zero-order valence-electron chi connectivity index (χ0n) is 10.1. The smallest absolute Gasteiger partial charge is 0.323 e. The molecule has 4 heteroatoms. The van der Waals surface area contributed by atoms with E-state index >= 15 is 0 Å². The van der Waals surface area contributed by atoms with Gasteiger partial charge in [-0.3, -0.25) is 9.59 Å². The number of hydrogen-bond donors (Lipinski definition) is 0. The fourth-order valence-electron chi connectivity index (χ4n) is 1.05. The zero-order valence-corrected chi connectivity index (χ0v) is 10.1. The molecule has 15 heavy (non-hydrogen) atoms. The summed E-state index contributed by atoms with van der Waals surface area (Å²) in [6.45, 7) is 9.96. The Balaban J connectivity index is 3.20. The zero-order chi connectivity index (χ0) is 12.1. The Bertz CT molecular complexity index is 283. The molecule has 1 aliphatic rings. The molecule has 1 rings (SSSR count). The van der Waals surface area contributed by atoms with Gasteiger partial charge < -0.3 is 9.47 Å². The van der Waals surface area contributed by atoms with E-state index in [0.717, 1.165) is 0 Å². The molecule has 0 aromatic rings. The van der Waals surface area contributed by atoms with E-state index in [1.807, 2.05) is 0 Å². The highest BCUT2D eigenvalue weighted by molar-refractivity contribution is 6.00. The molecule has 0 bridgehead atoms.